The van der Waals surface area contributed by atoms with E-state index in [1.807, 2.05) is 18.2 Å². The number of ketones is 1. The molecule has 1 aliphatic carbocycles. The molecule has 0 spiro atoms. The van der Waals surface area contributed by atoms with Gasteiger partial charge in [0, 0.05) is 36.8 Å². The van der Waals surface area contributed by atoms with E-state index < -0.39 is 0 Å². The third-order valence-corrected chi connectivity index (χ3v) is 5.49. The van der Waals surface area contributed by atoms with E-state index in [-0.39, 0.29) is 30.3 Å². The number of aromatic nitrogens is 2. The topological polar surface area (TPSA) is 70.4 Å². The fourth-order valence-corrected chi connectivity index (χ4v) is 3.99. The summed E-state index contributed by atoms with van der Waals surface area (Å²) in [5.41, 5.74) is 4.96. The minimum Gasteiger partial charge on any atom is -0.493 e. The predicted octanol–water partition coefficient (Wildman–Crippen LogP) is 4.21. The Bertz CT molecular complexity index is 1180. The highest BCUT2D eigenvalue weighted by Gasteiger charge is 2.31. The zero-order valence-corrected chi connectivity index (χ0v) is 17.7. The first-order valence-electron chi connectivity index (χ1n) is 10.0. The summed E-state index contributed by atoms with van der Waals surface area (Å²) in [5.74, 6) is 0.553. The van der Waals surface area contributed by atoms with Crippen LogP contribution in [0.2, 0.25) is 0 Å². The van der Waals surface area contributed by atoms with Crippen LogP contribution in [0.5, 0.6) is 11.5 Å². The summed E-state index contributed by atoms with van der Waals surface area (Å²) in [6, 6.07) is 10.1. The van der Waals surface area contributed by atoms with Crippen molar-refractivity contribution in [3.8, 4) is 22.8 Å². The number of hydrogen-bond donors (Lipinski definition) is 0. The Balaban J connectivity index is 1.81. The fourth-order valence-electron chi connectivity index (χ4n) is 3.99. The van der Waals surface area contributed by atoms with Gasteiger partial charge in [0.25, 0.3) is 0 Å². The van der Waals surface area contributed by atoms with Crippen molar-refractivity contribution in [2.75, 3.05) is 14.2 Å². The number of benzene rings is 2. The number of halogens is 1. The Morgan fingerprint density at radius 3 is 2.52 bits per heavy atom. The number of fused-ring (bicyclic) bond motifs is 3. The first-order chi connectivity index (χ1) is 14.9. The van der Waals surface area contributed by atoms with Crippen molar-refractivity contribution in [1.29, 1.82) is 0 Å². The van der Waals surface area contributed by atoms with Crippen molar-refractivity contribution in [2.45, 2.75) is 32.6 Å². The van der Waals surface area contributed by atoms with Gasteiger partial charge in [-0.1, -0.05) is 12.1 Å². The summed E-state index contributed by atoms with van der Waals surface area (Å²) >= 11 is 0. The minimum absolute atomic E-state index is 0.0519. The van der Waals surface area contributed by atoms with Gasteiger partial charge in [-0.25, -0.2) is 4.39 Å². The van der Waals surface area contributed by atoms with Crippen LogP contribution in [0.15, 0.2) is 36.4 Å². The summed E-state index contributed by atoms with van der Waals surface area (Å²) in [6.45, 7) is 1.46. The molecule has 0 fully saturated rings. The van der Waals surface area contributed by atoms with Crippen LogP contribution in [0.3, 0.4) is 0 Å². The average molecular weight is 422 g/mol. The third-order valence-electron chi connectivity index (χ3n) is 5.49. The van der Waals surface area contributed by atoms with Crippen molar-refractivity contribution in [3.63, 3.8) is 0 Å². The van der Waals surface area contributed by atoms with Crippen LogP contribution < -0.4 is 9.47 Å². The maximum absolute atomic E-state index is 13.7. The van der Waals surface area contributed by atoms with Crippen LogP contribution in [-0.4, -0.2) is 35.7 Å². The first-order valence-corrected chi connectivity index (χ1v) is 10.0. The molecule has 1 aromatic heterocycles. The summed E-state index contributed by atoms with van der Waals surface area (Å²) < 4.78 is 26.0. The summed E-state index contributed by atoms with van der Waals surface area (Å²) in [5, 5.41) is 4.59. The monoisotopic (exact) mass is 422 g/mol. The Kier molecular flexibility index (Phi) is 5.59. The van der Waals surface area contributed by atoms with Crippen LogP contribution in [0.1, 0.15) is 46.9 Å². The normalized spacial score (nSPS) is 11.7. The SMILES string of the molecule is COc1cc2c(cc1OC)-c1c(c(Cc3cccc(F)c3)nn1C(=O)CCC(C)=O)C2. The zero-order valence-electron chi connectivity index (χ0n) is 17.7. The second-order valence-corrected chi connectivity index (χ2v) is 7.63. The number of hydrogen-bond acceptors (Lipinski definition) is 5. The van der Waals surface area contributed by atoms with Gasteiger partial charge in [0.05, 0.1) is 25.6 Å². The molecule has 160 valence electrons. The molecule has 31 heavy (non-hydrogen) atoms. The van der Waals surface area contributed by atoms with Crippen LogP contribution in [0.4, 0.5) is 4.39 Å². The van der Waals surface area contributed by atoms with Crippen molar-refractivity contribution in [2.24, 2.45) is 0 Å². The molecule has 0 saturated heterocycles. The zero-order chi connectivity index (χ0) is 22.1. The average Bonchev–Trinajstić information content (AvgIpc) is 3.28. The molecule has 0 unspecified atom stereocenters. The standard InChI is InChI=1S/C24H23FN2O4/c1-14(28)7-8-23(29)27-24-18-13-22(31-3)21(30-2)12-16(18)11-19(24)20(26-27)10-15-5-4-6-17(25)9-15/h4-6,9,12-13H,7-8,10-11H2,1-3H3. The molecule has 0 radical (unpaired) electrons. The summed E-state index contributed by atoms with van der Waals surface area (Å²) in [7, 11) is 3.14. The number of nitrogens with zero attached hydrogens (tertiary/aromatic N) is 2. The number of ether oxygens (including phenoxy) is 2. The Hall–Kier alpha value is -3.48. The van der Waals surface area contributed by atoms with E-state index >= 15 is 0 Å². The van der Waals surface area contributed by atoms with Crippen molar-refractivity contribution in [3.05, 3.63) is 64.6 Å². The van der Waals surface area contributed by atoms with E-state index in [9.17, 15) is 14.0 Å². The van der Waals surface area contributed by atoms with Gasteiger partial charge < -0.3 is 14.3 Å². The lowest BCUT2D eigenvalue weighted by Gasteiger charge is -2.11. The lowest BCUT2D eigenvalue weighted by molar-refractivity contribution is -0.117. The molecule has 3 aromatic rings. The lowest BCUT2D eigenvalue weighted by atomic mass is 10.0. The molecular weight excluding hydrogens is 399 g/mol. The number of Topliss-reactive ketones (excluding diaryl/α,β-unsaturated/α-hetero) is 1. The lowest BCUT2D eigenvalue weighted by Crippen LogP contribution is -2.15. The van der Waals surface area contributed by atoms with Crippen LogP contribution in [-0.2, 0) is 17.6 Å². The molecule has 1 heterocycles. The van der Waals surface area contributed by atoms with E-state index in [1.54, 1.807) is 20.3 Å². The Morgan fingerprint density at radius 2 is 1.84 bits per heavy atom. The van der Waals surface area contributed by atoms with Crippen molar-refractivity contribution in [1.82, 2.24) is 9.78 Å². The minimum atomic E-state index is -0.316. The molecular formula is C24H23FN2O4. The summed E-state index contributed by atoms with van der Waals surface area (Å²) in [6.07, 6.45) is 1.21. The number of carbonyl (C=O) groups is 2. The van der Waals surface area contributed by atoms with Crippen LogP contribution in [0.25, 0.3) is 11.3 Å². The number of methoxy groups -OCH3 is 2. The van der Waals surface area contributed by atoms with E-state index in [1.165, 1.54) is 23.7 Å². The van der Waals surface area contributed by atoms with Gasteiger partial charge in [0.1, 0.15) is 11.6 Å². The van der Waals surface area contributed by atoms with Crippen molar-refractivity contribution >= 4 is 11.7 Å². The van der Waals surface area contributed by atoms with Gasteiger partial charge >= 0.3 is 0 Å². The molecule has 0 bridgehead atoms. The first kappa shape index (κ1) is 20.8. The molecule has 2 aromatic carbocycles. The molecule has 0 amide bonds. The molecule has 0 saturated carbocycles. The van der Waals surface area contributed by atoms with Crippen LogP contribution >= 0.6 is 0 Å². The quantitative estimate of drug-likeness (QED) is 0.446. The third kappa shape index (κ3) is 3.95. The van der Waals surface area contributed by atoms with Gasteiger partial charge in [-0.05, 0) is 42.3 Å². The summed E-state index contributed by atoms with van der Waals surface area (Å²) in [4.78, 5) is 24.3. The van der Waals surface area contributed by atoms with E-state index in [0.717, 1.165) is 22.3 Å². The molecule has 1 aliphatic rings. The van der Waals surface area contributed by atoms with Gasteiger partial charge in [0.15, 0.2) is 11.5 Å². The maximum atomic E-state index is 13.7. The number of rotatable bonds is 7. The Morgan fingerprint density at radius 1 is 1.10 bits per heavy atom. The predicted molar refractivity (Wildman–Crippen MR) is 113 cm³/mol. The molecule has 6 nitrogen and oxygen atoms in total. The molecule has 7 heteroatoms. The van der Waals surface area contributed by atoms with E-state index in [4.69, 9.17) is 9.47 Å². The molecule has 4 rings (SSSR count). The number of carbonyl (C=O) groups excluding carboxylic acids is 2. The van der Waals surface area contributed by atoms with Crippen LogP contribution in [0, 0.1) is 5.82 Å². The van der Waals surface area contributed by atoms with Gasteiger partial charge in [-0.15, -0.1) is 0 Å². The van der Waals surface area contributed by atoms with Gasteiger partial charge in [-0.2, -0.15) is 9.78 Å². The highest BCUT2D eigenvalue weighted by atomic mass is 19.1. The molecule has 0 aliphatic heterocycles. The second-order valence-electron chi connectivity index (χ2n) is 7.63. The molecule has 0 atom stereocenters. The Labute approximate surface area is 179 Å². The molecule has 0 N–H and O–H groups in total. The van der Waals surface area contributed by atoms with E-state index in [0.29, 0.717) is 35.7 Å². The smallest absolute Gasteiger partial charge is 0.247 e. The van der Waals surface area contributed by atoms with Crippen molar-refractivity contribution < 1.29 is 23.5 Å². The maximum Gasteiger partial charge on any atom is 0.247 e. The highest BCUT2D eigenvalue weighted by molar-refractivity contribution is 5.90. The largest absolute Gasteiger partial charge is 0.493 e. The van der Waals surface area contributed by atoms with E-state index in [2.05, 4.69) is 5.10 Å². The van der Waals surface area contributed by atoms with Gasteiger partial charge in [-0.3, -0.25) is 4.79 Å². The highest BCUT2D eigenvalue weighted by Crippen LogP contribution is 2.44. The van der Waals surface area contributed by atoms with Gasteiger partial charge in [0.2, 0.25) is 5.91 Å². The second kappa shape index (κ2) is 8.34. The fraction of sp³-hybridized carbons (Fsp3) is 0.292.